The first-order valence-corrected chi connectivity index (χ1v) is 7.28. The number of carboxylic acid groups (broad SMARTS) is 1. The molecule has 1 aromatic rings. The van der Waals surface area contributed by atoms with Crippen molar-refractivity contribution in [2.45, 2.75) is 25.8 Å². The Kier molecular flexibility index (Phi) is 4.32. The molecule has 1 aliphatic rings. The Morgan fingerprint density at radius 1 is 1.40 bits per heavy atom. The number of amides is 1. The maximum Gasteiger partial charge on any atom is 0.337 e. The van der Waals surface area contributed by atoms with E-state index in [2.05, 4.69) is 15.9 Å². The summed E-state index contributed by atoms with van der Waals surface area (Å²) in [6.45, 7) is 2.50. The summed E-state index contributed by atoms with van der Waals surface area (Å²) in [5, 5.41) is 9.31. The number of primary amides is 1. The lowest BCUT2D eigenvalue weighted by Gasteiger charge is -2.39. The molecule has 0 spiro atoms. The third kappa shape index (κ3) is 2.95. The lowest BCUT2D eigenvalue weighted by Crippen LogP contribution is -2.46. The van der Waals surface area contributed by atoms with Gasteiger partial charge in [0.15, 0.2) is 0 Å². The van der Waals surface area contributed by atoms with E-state index in [0.29, 0.717) is 12.2 Å². The van der Waals surface area contributed by atoms with E-state index in [1.165, 1.54) is 0 Å². The molecule has 1 saturated heterocycles. The molecule has 2 rings (SSSR count). The molecule has 0 bridgehead atoms. The first kappa shape index (κ1) is 14.8. The molecule has 1 aliphatic heterocycles. The number of nitrogens with two attached hydrogens (primary N) is 1. The molecule has 0 saturated carbocycles. The zero-order valence-electron chi connectivity index (χ0n) is 11.2. The normalized spacial score (nSPS) is 22.6. The van der Waals surface area contributed by atoms with Crippen molar-refractivity contribution in [3.63, 3.8) is 0 Å². The van der Waals surface area contributed by atoms with Crippen molar-refractivity contribution in [3.05, 3.63) is 28.2 Å². The largest absolute Gasteiger partial charge is 0.478 e. The van der Waals surface area contributed by atoms with E-state index >= 15 is 0 Å². The molecule has 20 heavy (non-hydrogen) atoms. The molecule has 2 atom stereocenters. The second-order valence-electron chi connectivity index (χ2n) is 5.14. The second kappa shape index (κ2) is 5.83. The van der Waals surface area contributed by atoms with Crippen LogP contribution in [0, 0.1) is 5.92 Å². The summed E-state index contributed by atoms with van der Waals surface area (Å²) in [5.74, 6) is -1.53. The van der Waals surface area contributed by atoms with Crippen LogP contribution in [0.3, 0.4) is 0 Å². The number of rotatable bonds is 3. The molecule has 0 radical (unpaired) electrons. The first-order chi connectivity index (χ1) is 9.40. The predicted octanol–water partition coefficient (Wildman–Crippen LogP) is 2.24. The number of carboxylic acids is 1. The van der Waals surface area contributed by atoms with Crippen LogP contribution in [0.1, 0.15) is 30.1 Å². The van der Waals surface area contributed by atoms with Gasteiger partial charge < -0.3 is 15.7 Å². The quantitative estimate of drug-likeness (QED) is 0.883. The number of carbonyl (C=O) groups excluding carboxylic acids is 1. The van der Waals surface area contributed by atoms with Gasteiger partial charge >= 0.3 is 5.97 Å². The summed E-state index contributed by atoms with van der Waals surface area (Å²) in [5.41, 5.74) is 6.26. The van der Waals surface area contributed by atoms with Gasteiger partial charge in [0.25, 0.3) is 0 Å². The van der Waals surface area contributed by atoms with Crippen LogP contribution < -0.4 is 10.6 Å². The lowest BCUT2D eigenvalue weighted by molar-refractivity contribution is -0.122. The topological polar surface area (TPSA) is 83.6 Å². The first-order valence-electron chi connectivity index (χ1n) is 6.49. The van der Waals surface area contributed by atoms with E-state index in [9.17, 15) is 14.7 Å². The number of piperidine rings is 1. The minimum atomic E-state index is -0.971. The van der Waals surface area contributed by atoms with Crippen molar-refractivity contribution >= 4 is 33.5 Å². The molecular formula is C14H17BrN2O3. The number of anilines is 1. The summed E-state index contributed by atoms with van der Waals surface area (Å²) in [6, 6.07) is 5.23. The Hall–Kier alpha value is -1.56. The second-order valence-corrected chi connectivity index (χ2v) is 6.06. The molecule has 1 amide bonds. The van der Waals surface area contributed by atoms with Gasteiger partial charge in [-0.1, -0.05) is 15.9 Å². The van der Waals surface area contributed by atoms with Crippen LogP contribution in [-0.4, -0.2) is 29.6 Å². The minimum absolute atomic E-state index is 0.179. The van der Waals surface area contributed by atoms with E-state index < -0.39 is 5.97 Å². The van der Waals surface area contributed by atoms with Crippen molar-refractivity contribution in [3.8, 4) is 0 Å². The van der Waals surface area contributed by atoms with Crippen molar-refractivity contribution in [1.29, 1.82) is 0 Å². The maximum absolute atomic E-state index is 11.4. The molecule has 1 aromatic carbocycles. The number of carbonyl (C=O) groups is 2. The van der Waals surface area contributed by atoms with Crippen molar-refractivity contribution in [2.75, 3.05) is 11.4 Å². The van der Waals surface area contributed by atoms with Crippen LogP contribution in [0.4, 0.5) is 5.69 Å². The standard InChI is InChI=1S/C14H17BrN2O3/c1-8-2-3-9(13(16)18)7-17(8)12-6-10(15)4-5-11(12)14(19)20/h4-6,8-9H,2-3,7H2,1H3,(H2,16,18)(H,19,20). The number of halogens is 1. The fourth-order valence-corrected chi connectivity index (χ4v) is 2.95. The van der Waals surface area contributed by atoms with Crippen LogP contribution in [-0.2, 0) is 4.79 Å². The van der Waals surface area contributed by atoms with Gasteiger partial charge in [0.1, 0.15) is 0 Å². The van der Waals surface area contributed by atoms with E-state index in [-0.39, 0.29) is 23.4 Å². The van der Waals surface area contributed by atoms with Crippen LogP contribution in [0.25, 0.3) is 0 Å². The SMILES string of the molecule is CC1CCC(C(N)=O)CN1c1cc(Br)ccc1C(=O)O. The van der Waals surface area contributed by atoms with Gasteiger partial charge in [0, 0.05) is 17.1 Å². The molecule has 5 nitrogen and oxygen atoms in total. The molecule has 1 fully saturated rings. The van der Waals surface area contributed by atoms with Gasteiger partial charge in [-0.2, -0.15) is 0 Å². The number of hydrogen-bond acceptors (Lipinski definition) is 3. The van der Waals surface area contributed by atoms with Crippen LogP contribution in [0.5, 0.6) is 0 Å². The summed E-state index contributed by atoms with van der Waals surface area (Å²) in [6.07, 6.45) is 1.57. The smallest absolute Gasteiger partial charge is 0.337 e. The molecule has 0 aromatic heterocycles. The summed E-state index contributed by atoms with van der Waals surface area (Å²) in [7, 11) is 0. The van der Waals surface area contributed by atoms with Crippen molar-refractivity contribution in [2.24, 2.45) is 11.7 Å². The summed E-state index contributed by atoms with van der Waals surface area (Å²) < 4.78 is 0.811. The van der Waals surface area contributed by atoms with E-state index in [0.717, 1.165) is 17.3 Å². The number of nitrogens with zero attached hydrogens (tertiary/aromatic N) is 1. The van der Waals surface area contributed by atoms with Gasteiger partial charge in [-0.15, -0.1) is 0 Å². The summed E-state index contributed by atoms with van der Waals surface area (Å²) in [4.78, 5) is 24.7. The highest BCUT2D eigenvalue weighted by Crippen LogP contribution is 2.32. The van der Waals surface area contributed by atoms with Gasteiger partial charge in [-0.05, 0) is 38.0 Å². The average Bonchev–Trinajstić information content (AvgIpc) is 2.38. The fourth-order valence-electron chi connectivity index (χ4n) is 2.60. The maximum atomic E-state index is 11.4. The van der Waals surface area contributed by atoms with E-state index in [1.54, 1.807) is 18.2 Å². The zero-order chi connectivity index (χ0) is 14.9. The summed E-state index contributed by atoms with van der Waals surface area (Å²) >= 11 is 3.36. The Morgan fingerprint density at radius 3 is 2.70 bits per heavy atom. The van der Waals surface area contributed by atoms with Gasteiger partial charge in [-0.3, -0.25) is 4.79 Å². The third-order valence-corrected chi connectivity index (χ3v) is 4.28. The number of hydrogen-bond donors (Lipinski definition) is 2. The highest BCUT2D eigenvalue weighted by molar-refractivity contribution is 9.10. The molecule has 0 aliphatic carbocycles. The molecule has 3 N–H and O–H groups in total. The lowest BCUT2D eigenvalue weighted by atomic mass is 9.92. The highest BCUT2D eigenvalue weighted by Gasteiger charge is 2.30. The third-order valence-electron chi connectivity index (χ3n) is 3.78. The van der Waals surface area contributed by atoms with E-state index in [1.807, 2.05) is 11.8 Å². The molecular weight excluding hydrogens is 324 g/mol. The monoisotopic (exact) mass is 340 g/mol. The Balaban J connectivity index is 2.40. The zero-order valence-corrected chi connectivity index (χ0v) is 12.8. The molecule has 6 heteroatoms. The van der Waals surface area contributed by atoms with Gasteiger partial charge in [-0.25, -0.2) is 4.79 Å². The minimum Gasteiger partial charge on any atom is -0.478 e. The Morgan fingerprint density at radius 2 is 2.10 bits per heavy atom. The van der Waals surface area contributed by atoms with Crippen LogP contribution >= 0.6 is 15.9 Å². The Labute approximate surface area is 125 Å². The fraction of sp³-hybridized carbons (Fsp3) is 0.429. The van der Waals surface area contributed by atoms with Crippen molar-refractivity contribution in [1.82, 2.24) is 0 Å². The Bertz CT molecular complexity index is 547. The van der Waals surface area contributed by atoms with Gasteiger partial charge in [0.05, 0.1) is 17.2 Å². The predicted molar refractivity (Wildman–Crippen MR) is 79.8 cm³/mol. The number of benzene rings is 1. The van der Waals surface area contributed by atoms with Crippen LogP contribution in [0.15, 0.2) is 22.7 Å². The molecule has 108 valence electrons. The van der Waals surface area contributed by atoms with Gasteiger partial charge in [0.2, 0.25) is 5.91 Å². The average molecular weight is 341 g/mol. The van der Waals surface area contributed by atoms with E-state index in [4.69, 9.17) is 5.73 Å². The van der Waals surface area contributed by atoms with Crippen LogP contribution in [0.2, 0.25) is 0 Å². The number of aromatic carboxylic acids is 1. The molecule has 2 unspecified atom stereocenters. The molecule has 1 heterocycles. The highest BCUT2D eigenvalue weighted by atomic mass is 79.9. The van der Waals surface area contributed by atoms with Crippen molar-refractivity contribution < 1.29 is 14.7 Å².